The van der Waals surface area contributed by atoms with E-state index in [9.17, 15) is 0 Å². The normalized spacial score (nSPS) is 14.9. The second-order valence-corrected chi connectivity index (χ2v) is 7.27. The highest BCUT2D eigenvalue weighted by atomic mass is 15.0. The third kappa shape index (κ3) is 5.20. The van der Waals surface area contributed by atoms with Crippen LogP contribution in [0.3, 0.4) is 0 Å². The quantitative estimate of drug-likeness (QED) is 0.754. The lowest BCUT2D eigenvalue weighted by Crippen LogP contribution is -2.38. The monoisotopic (exact) mass is 259 g/mol. The molecule has 0 aliphatic heterocycles. The number of hydrogen-bond donors (Lipinski definition) is 1. The van der Waals surface area contributed by atoms with E-state index in [2.05, 4.69) is 90.2 Å². The van der Waals surface area contributed by atoms with Crippen molar-refractivity contribution in [2.75, 3.05) is 0 Å². The van der Waals surface area contributed by atoms with Crippen LogP contribution in [0, 0.1) is 0 Å². The fourth-order valence-corrected chi connectivity index (χ4v) is 2.09. The summed E-state index contributed by atoms with van der Waals surface area (Å²) >= 11 is 0. The number of benzene rings is 1. The van der Waals surface area contributed by atoms with Gasteiger partial charge in [-0.05, 0) is 44.2 Å². The minimum atomic E-state index is 0.104. The Labute approximate surface area is 119 Å². The van der Waals surface area contributed by atoms with Gasteiger partial charge in [0.1, 0.15) is 0 Å². The van der Waals surface area contributed by atoms with E-state index in [0.717, 1.165) is 0 Å². The van der Waals surface area contributed by atoms with E-state index >= 15 is 0 Å². The van der Waals surface area contributed by atoms with Gasteiger partial charge in [-0.25, -0.2) is 0 Å². The molecule has 1 heteroatoms. The first-order chi connectivity index (χ1) is 8.63. The fraction of sp³-hybridized carbons (Fsp3) is 0.556. The van der Waals surface area contributed by atoms with E-state index in [1.54, 1.807) is 0 Å². The van der Waals surface area contributed by atoms with Gasteiger partial charge in [0.05, 0.1) is 6.04 Å². The van der Waals surface area contributed by atoms with Crippen molar-refractivity contribution in [3.05, 3.63) is 47.5 Å². The zero-order valence-corrected chi connectivity index (χ0v) is 13.5. The molecule has 1 atom stereocenters. The molecule has 0 saturated carbocycles. The first kappa shape index (κ1) is 16.0. The molecule has 0 spiro atoms. The minimum Gasteiger partial charge on any atom is -0.302 e. The highest BCUT2D eigenvalue weighted by Crippen LogP contribution is 2.25. The van der Waals surface area contributed by atoms with Crippen molar-refractivity contribution in [1.29, 1.82) is 0 Å². The lowest BCUT2D eigenvalue weighted by Gasteiger charge is -2.28. The average molecular weight is 259 g/mol. The molecule has 1 aromatic carbocycles. The van der Waals surface area contributed by atoms with E-state index in [4.69, 9.17) is 0 Å². The summed E-state index contributed by atoms with van der Waals surface area (Å²) in [5.41, 5.74) is 3.02. The summed E-state index contributed by atoms with van der Waals surface area (Å²) in [6, 6.07) is 9.25. The first-order valence-corrected chi connectivity index (χ1v) is 7.14. The second kappa shape index (κ2) is 5.92. The largest absolute Gasteiger partial charge is 0.302 e. The standard InChI is InChI=1S/C18H29N/c1-8-9-16(19-18(5,6)7)14-10-12-15(13-11-14)17(2,3)4/h8-13,16,19H,1-7H3/b9-8-/t16-/m1/s1. The van der Waals surface area contributed by atoms with Crippen molar-refractivity contribution in [2.24, 2.45) is 0 Å². The van der Waals surface area contributed by atoms with Gasteiger partial charge >= 0.3 is 0 Å². The molecule has 0 aliphatic carbocycles. The Kier molecular flexibility index (Phi) is 4.98. The maximum atomic E-state index is 3.64. The van der Waals surface area contributed by atoms with Crippen LogP contribution in [0.1, 0.15) is 65.6 Å². The van der Waals surface area contributed by atoms with Gasteiger partial charge in [-0.15, -0.1) is 0 Å². The Hall–Kier alpha value is -1.08. The molecule has 0 aliphatic rings. The Bertz CT molecular complexity index is 412. The van der Waals surface area contributed by atoms with Crippen LogP contribution in [-0.2, 0) is 5.41 Å². The summed E-state index contributed by atoms with van der Waals surface area (Å²) in [4.78, 5) is 0. The first-order valence-electron chi connectivity index (χ1n) is 7.14. The molecule has 0 aromatic heterocycles. The van der Waals surface area contributed by atoms with E-state index in [1.165, 1.54) is 11.1 Å². The molecule has 0 saturated heterocycles. The van der Waals surface area contributed by atoms with Crippen LogP contribution in [-0.4, -0.2) is 5.54 Å². The Morgan fingerprint density at radius 1 is 0.947 bits per heavy atom. The van der Waals surface area contributed by atoms with Crippen LogP contribution < -0.4 is 5.32 Å². The summed E-state index contributed by atoms with van der Waals surface area (Å²) < 4.78 is 0. The molecular weight excluding hydrogens is 230 g/mol. The van der Waals surface area contributed by atoms with Gasteiger partial charge in [0.15, 0.2) is 0 Å². The SMILES string of the molecule is C/C=C\[C@@H](NC(C)(C)C)c1ccc(C(C)(C)C)cc1. The van der Waals surface area contributed by atoms with Gasteiger partial charge < -0.3 is 5.32 Å². The number of nitrogens with one attached hydrogen (secondary N) is 1. The molecule has 0 heterocycles. The summed E-state index contributed by atoms with van der Waals surface area (Å²) in [5.74, 6) is 0. The van der Waals surface area contributed by atoms with Gasteiger partial charge in [-0.3, -0.25) is 0 Å². The maximum Gasteiger partial charge on any atom is 0.0510 e. The third-order valence-electron chi connectivity index (χ3n) is 3.11. The van der Waals surface area contributed by atoms with E-state index in [-0.39, 0.29) is 17.0 Å². The number of allylic oxidation sites excluding steroid dienone is 1. The summed E-state index contributed by atoms with van der Waals surface area (Å²) in [5, 5.41) is 3.64. The zero-order valence-electron chi connectivity index (χ0n) is 13.5. The topological polar surface area (TPSA) is 12.0 Å². The van der Waals surface area contributed by atoms with Gasteiger partial charge in [-0.1, -0.05) is 57.2 Å². The highest BCUT2D eigenvalue weighted by Gasteiger charge is 2.18. The number of rotatable bonds is 3. The molecule has 0 unspecified atom stereocenters. The lowest BCUT2D eigenvalue weighted by molar-refractivity contribution is 0.396. The molecule has 1 N–H and O–H groups in total. The predicted molar refractivity (Wildman–Crippen MR) is 85.6 cm³/mol. The zero-order chi connectivity index (χ0) is 14.7. The Balaban J connectivity index is 2.98. The van der Waals surface area contributed by atoms with E-state index in [0.29, 0.717) is 0 Å². The van der Waals surface area contributed by atoms with Crippen LogP contribution in [0.15, 0.2) is 36.4 Å². The van der Waals surface area contributed by atoms with Crippen LogP contribution >= 0.6 is 0 Å². The molecule has 0 bridgehead atoms. The molecule has 1 nitrogen and oxygen atoms in total. The second-order valence-electron chi connectivity index (χ2n) is 7.27. The van der Waals surface area contributed by atoms with Crippen LogP contribution in [0.2, 0.25) is 0 Å². The van der Waals surface area contributed by atoms with Gasteiger partial charge in [-0.2, -0.15) is 0 Å². The van der Waals surface area contributed by atoms with Crippen molar-refractivity contribution in [3.63, 3.8) is 0 Å². The van der Waals surface area contributed by atoms with E-state index < -0.39 is 0 Å². The number of hydrogen-bond acceptors (Lipinski definition) is 1. The van der Waals surface area contributed by atoms with Crippen molar-refractivity contribution < 1.29 is 0 Å². The molecule has 0 amide bonds. The van der Waals surface area contributed by atoms with Crippen molar-refractivity contribution in [3.8, 4) is 0 Å². The minimum absolute atomic E-state index is 0.104. The predicted octanol–water partition coefficient (Wildman–Crippen LogP) is 4.99. The van der Waals surface area contributed by atoms with Gasteiger partial charge in [0, 0.05) is 5.54 Å². The van der Waals surface area contributed by atoms with Crippen molar-refractivity contribution in [1.82, 2.24) is 5.32 Å². The summed E-state index contributed by atoms with van der Waals surface area (Å²) in [7, 11) is 0. The smallest absolute Gasteiger partial charge is 0.0510 e. The molecule has 0 radical (unpaired) electrons. The molecule has 0 fully saturated rings. The Morgan fingerprint density at radius 3 is 1.84 bits per heavy atom. The molecule has 1 aromatic rings. The summed E-state index contributed by atoms with van der Waals surface area (Å²) in [6.45, 7) is 15.4. The van der Waals surface area contributed by atoms with Crippen LogP contribution in [0.25, 0.3) is 0 Å². The molecule has 1 rings (SSSR count). The van der Waals surface area contributed by atoms with Gasteiger partial charge in [0.2, 0.25) is 0 Å². The fourth-order valence-electron chi connectivity index (χ4n) is 2.09. The average Bonchev–Trinajstić information content (AvgIpc) is 2.26. The van der Waals surface area contributed by atoms with Crippen LogP contribution in [0.5, 0.6) is 0 Å². The third-order valence-corrected chi connectivity index (χ3v) is 3.11. The van der Waals surface area contributed by atoms with Gasteiger partial charge in [0.25, 0.3) is 0 Å². The van der Waals surface area contributed by atoms with E-state index in [1.807, 2.05) is 0 Å². The molecule has 19 heavy (non-hydrogen) atoms. The Morgan fingerprint density at radius 2 is 1.47 bits per heavy atom. The van der Waals surface area contributed by atoms with Crippen molar-refractivity contribution in [2.45, 2.75) is 65.5 Å². The van der Waals surface area contributed by atoms with Crippen LogP contribution in [0.4, 0.5) is 0 Å². The highest BCUT2D eigenvalue weighted by molar-refractivity contribution is 5.31. The lowest BCUT2D eigenvalue weighted by atomic mass is 9.86. The molecular formula is C18H29N. The molecule has 106 valence electrons. The van der Waals surface area contributed by atoms with Crippen molar-refractivity contribution >= 4 is 0 Å². The summed E-state index contributed by atoms with van der Waals surface area (Å²) in [6.07, 6.45) is 4.33. The maximum absolute atomic E-state index is 3.64.